The summed E-state index contributed by atoms with van der Waals surface area (Å²) in [5.74, 6) is 1.32. The number of aliphatic hydroxyl groups excluding tert-OH is 1. The highest BCUT2D eigenvalue weighted by molar-refractivity contribution is 9.10. The van der Waals surface area contributed by atoms with Crippen molar-refractivity contribution in [3.8, 4) is 11.5 Å². The van der Waals surface area contributed by atoms with E-state index in [1.165, 1.54) is 0 Å². The summed E-state index contributed by atoms with van der Waals surface area (Å²) in [6.07, 6.45) is -0.282. The summed E-state index contributed by atoms with van der Waals surface area (Å²) >= 11 is 9.58. The van der Waals surface area contributed by atoms with Crippen molar-refractivity contribution in [3.05, 3.63) is 57.0 Å². The Labute approximate surface area is 136 Å². The van der Waals surface area contributed by atoms with Gasteiger partial charge in [0.2, 0.25) is 0 Å². The molecule has 1 unspecified atom stereocenters. The van der Waals surface area contributed by atoms with Crippen molar-refractivity contribution in [2.45, 2.75) is 18.6 Å². The fourth-order valence-corrected chi connectivity index (χ4v) is 3.11. The number of aliphatic hydroxyl groups is 1. The number of hydrogen-bond acceptors (Lipinski definition) is 3. The topological polar surface area (TPSA) is 38.7 Å². The predicted molar refractivity (Wildman–Crippen MR) is 85.1 cm³/mol. The van der Waals surface area contributed by atoms with E-state index in [0.717, 1.165) is 15.6 Å². The van der Waals surface area contributed by atoms with Gasteiger partial charge >= 0.3 is 0 Å². The molecule has 0 fully saturated rings. The first-order valence-electron chi connectivity index (χ1n) is 6.56. The van der Waals surface area contributed by atoms with Gasteiger partial charge in [-0.1, -0.05) is 39.7 Å². The van der Waals surface area contributed by atoms with Crippen molar-refractivity contribution in [1.82, 2.24) is 0 Å². The van der Waals surface area contributed by atoms with Crippen molar-refractivity contribution in [2.75, 3.05) is 7.11 Å². The normalized spacial score (nSPS) is 20.6. The summed E-state index contributed by atoms with van der Waals surface area (Å²) < 4.78 is 12.1. The molecule has 1 heterocycles. The van der Waals surface area contributed by atoms with E-state index in [0.29, 0.717) is 22.9 Å². The van der Waals surface area contributed by atoms with E-state index in [1.807, 2.05) is 36.4 Å². The van der Waals surface area contributed by atoms with Gasteiger partial charge in [0.05, 0.1) is 18.2 Å². The van der Waals surface area contributed by atoms with Crippen molar-refractivity contribution < 1.29 is 14.6 Å². The van der Waals surface area contributed by atoms with E-state index in [1.54, 1.807) is 7.11 Å². The first-order valence-corrected chi connectivity index (χ1v) is 7.73. The fourth-order valence-electron chi connectivity index (χ4n) is 2.50. The number of benzene rings is 2. The molecule has 3 nitrogen and oxygen atoms in total. The number of methoxy groups -OCH3 is 1. The summed E-state index contributed by atoms with van der Waals surface area (Å²) in [7, 11) is 1.58. The van der Waals surface area contributed by atoms with Gasteiger partial charge in [-0.25, -0.2) is 0 Å². The summed E-state index contributed by atoms with van der Waals surface area (Å²) in [5, 5.41) is 10.8. The molecule has 0 amide bonds. The first-order chi connectivity index (χ1) is 10.1. The van der Waals surface area contributed by atoms with Gasteiger partial charge in [-0.2, -0.15) is 0 Å². The Bertz CT molecular complexity index is 675. The van der Waals surface area contributed by atoms with E-state index in [2.05, 4.69) is 15.9 Å². The first kappa shape index (κ1) is 14.7. The molecule has 2 aromatic rings. The summed E-state index contributed by atoms with van der Waals surface area (Å²) in [6.45, 7) is 0. The molecule has 2 atom stereocenters. The molecule has 0 saturated carbocycles. The smallest absolute Gasteiger partial charge is 0.137 e. The summed E-state index contributed by atoms with van der Waals surface area (Å²) in [6, 6.07) is 11.2. The average molecular weight is 370 g/mol. The third-order valence-corrected chi connectivity index (χ3v) is 4.38. The molecule has 0 radical (unpaired) electrons. The van der Waals surface area contributed by atoms with Crippen LogP contribution in [0.3, 0.4) is 0 Å². The highest BCUT2D eigenvalue weighted by Crippen LogP contribution is 2.42. The van der Waals surface area contributed by atoms with Crippen LogP contribution in [0.15, 0.2) is 40.9 Å². The number of halogens is 2. The van der Waals surface area contributed by atoms with Crippen molar-refractivity contribution in [3.63, 3.8) is 0 Å². The van der Waals surface area contributed by atoms with Crippen LogP contribution in [0.5, 0.6) is 11.5 Å². The molecule has 1 aliphatic rings. The molecule has 1 N–H and O–H groups in total. The van der Waals surface area contributed by atoms with Gasteiger partial charge in [0, 0.05) is 16.5 Å². The summed E-state index contributed by atoms with van der Waals surface area (Å²) in [4.78, 5) is 0. The Morgan fingerprint density at radius 1 is 1.29 bits per heavy atom. The largest absolute Gasteiger partial charge is 0.495 e. The zero-order valence-electron chi connectivity index (χ0n) is 11.3. The van der Waals surface area contributed by atoms with E-state index >= 15 is 0 Å². The molecule has 3 rings (SSSR count). The molecule has 0 saturated heterocycles. The van der Waals surface area contributed by atoms with Crippen LogP contribution in [0.4, 0.5) is 0 Å². The maximum Gasteiger partial charge on any atom is 0.137 e. The highest BCUT2D eigenvalue weighted by atomic mass is 79.9. The van der Waals surface area contributed by atoms with Crippen LogP contribution in [-0.2, 0) is 0 Å². The Kier molecular flexibility index (Phi) is 4.11. The third-order valence-electron chi connectivity index (χ3n) is 3.59. The molecule has 2 aromatic carbocycles. The van der Waals surface area contributed by atoms with Gasteiger partial charge in [0.15, 0.2) is 0 Å². The molecule has 110 valence electrons. The summed E-state index contributed by atoms with van der Waals surface area (Å²) in [5.41, 5.74) is 1.74. The lowest BCUT2D eigenvalue weighted by Gasteiger charge is -2.30. The molecule has 0 aromatic heterocycles. The Balaban J connectivity index is 1.93. The second-order valence-corrected chi connectivity index (χ2v) is 6.26. The molecule has 21 heavy (non-hydrogen) atoms. The van der Waals surface area contributed by atoms with E-state index in [4.69, 9.17) is 21.1 Å². The van der Waals surface area contributed by atoms with Gasteiger partial charge in [-0.3, -0.25) is 0 Å². The van der Waals surface area contributed by atoms with Gasteiger partial charge in [0.1, 0.15) is 17.6 Å². The van der Waals surface area contributed by atoms with Crippen molar-refractivity contribution >= 4 is 27.5 Å². The van der Waals surface area contributed by atoms with E-state index in [9.17, 15) is 5.11 Å². The maximum atomic E-state index is 10.3. The molecule has 0 aliphatic carbocycles. The number of rotatable bonds is 2. The van der Waals surface area contributed by atoms with Crippen LogP contribution < -0.4 is 9.47 Å². The van der Waals surface area contributed by atoms with Crippen LogP contribution in [-0.4, -0.2) is 12.2 Å². The lowest BCUT2D eigenvalue weighted by Crippen LogP contribution is -2.19. The lowest BCUT2D eigenvalue weighted by atomic mass is 9.95. The number of hydrogen-bond donors (Lipinski definition) is 1. The molecular formula is C16H14BrClO3. The van der Waals surface area contributed by atoms with Gasteiger partial charge in [-0.05, 0) is 29.8 Å². The highest BCUT2D eigenvalue weighted by Gasteiger charge is 2.28. The second-order valence-electron chi connectivity index (χ2n) is 4.93. The zero-order chi connectivity index (χ0) is 15.0. The average Bonchev–Trinajstić information content (AvgIpc) is 2.46. The van der Waals surface area contributed by atoms with Crippen LogP contribution in [0.1, 0.15) is 29.8 Å². The van der Waals surface area contributed by atoms with Gasteiger partial charge < -0.3 is 14.6 Å². The van der Waals surface area contributed by atoms with Gasteiger partial charge in [-0.15, -0.1) is 0 Å². The van der Waals surface area contributed by atoms with E-state index < -0.39 is 6.10 Å². The van der Waals surface area contributed by atoms with Crippen LogP contribution in [0, 0.1) is 0 Å². The molecule has 0 spiro atoms. The minimum absolute atomic E-state index is 0.231. The molecular weight excluding hydrogens is 356 g/mol. The zero-order valence-corrected chi connectivity index (χ0v) is 13.7. The molecule has 0 bridgehead atoms. The Morgan fingerprint density at radius 3 is 2.81 bits per heavy atom. The number of ether oxygens (including phenoxy) is 2. The Morgan fingerprint density at radius 2 is 2.10 bits per heavy atom. The predicted octanol–water partition coefficient (Wildman–Crippen LogP) is 4.67. The second kappa shape index (κ2) is 5.87. The standard InChI is InChI=1S/C16H14BrClO3/c1-20-14-5-2-9(6-12(14)18)15-8-13(19)11-4-3-10(17)7-16(11)21-15/h2-7,13,15,19H,8H2,1H3/t13-,15?/m1/s1. The minimum Gasteiger partial charge on any atom is -0.495 e. The molecule has 1 aliphatic heterocycles. The SMILES string of the molecule is COc1ccc(C2C[C@@H](O)c3ccc(Br)cc3O2)cc1Cl. The maximum absolute atomic E-state index is 10.3. The minimum atomic E-state index is -0.548. The van der Waals surface area contributed by atoms with Crippen LogP contribution in [0.25, 0.3) is 0 Å². The van der Waals surface area contributed by atoms with Gasteiger partial charge in [0.25, 0.3) is 0 Å². The van der Waals surface area contributed by atoms with Crippen LogP contribution >= 0.6 is 27.5 Å². The fraction of sp³-hybridized carbons (Fsp3) is 0.250. The van der Waals surface area contributed by atoms with Crippen molar-refractivity contribution in [2.24, 2.45) is 0 Å². The quantitative estimate of drug-likeness (QED) is 0.836. The number of fused-ring (bicyclic) bond motifs is 1. The van der Waals surface area contributed by atoms with Crippen molar-refractivity contribution in [1.29, 1.82) is 0 Å². The van der Waals surface area contributed by atoms with E-state index in [-0.39, 0.29) is 6.10 Å². The molecule has 5 heteroatoms. The third kappa shape index (κ3) is 2.89. The Hall–Kier alpha value is -1.23. The van der Waals surface area contributed by atoms with Crippen LogP contribution in [0.2, 0.25) is 5.02 Å². The lowest BCUT2D eigenvalue weighted by molar-refractivity contribution is 0.0656. The monoisotopic (exact) mass is 368 g/mol.